The number of ether oxygens (including phenoxy) is 1. The standard InChI is InChI=1S/C7H9NO4/c1-5(9)12-3-2-6-4-7(10)8(6)11/h2-3,6,8H,4H2,1H3. The van der Waals surface area contributed by atoms with Crippen LogP contribution >= 0.6 is 0 Å². The molecule has 1 aliphatic heterocycles. The molecule has 2 unspecified atom stereocenters. The first kappa shape index (κ1) is 8.89. The summed E-state index contributed by atoms with van der Waals surface area (Å²) in [4.78, 5) is 20.7. The smallest absolute Gasteiger partial charge is 0.318 e. The van der Waals surface area contributed by atoms with Crippen LogP contribution in [0.3, 0.4) is 0 Å². The van der Waals surface area contributed by atoms with Gasteiger partial charge >= 0.3 is 11.9 Å². The summed E-state index contributed by atoms with van der Waals surface area (Å²) >= 11 is 0. The van der Waals surface area contributed by atoms with E-state index in [0.717, 1.165) is 6.26 Å². The van der Waals surface area contributed by atoms with Crippen molar-refractivity contribution in [2.24, 2.45) is 0 Å². The molecule has 66 valence electrons. The lowest BCUT2D eigenvalue weighted by molar-refractivity contribution is -0.818. The van der Waals surface area contributed by atoms with Crippen molar-refractivity contribution in [3.63, 3.8) is 0 Å². The lowest BCUT2D eigenvalue weighted by Crippen LogP contribution is -3.20. The van der Waals surface area contributed by atoms with E-state index < -0.39 is 11.0 Å². The van der Waals surface area contributed by atoms with E-state index in [1.807, 2.05) is 0 Å². The zero-order chi connectivity index (χ0) is 9.14. The van der Waals surface area contributed by atoms with Gasteiger partial charge in [-0.1, -0.05) is 0 Å². The first-order chi connectivity index (χ1) is 5.61. The van der Waals surface area contributed by atoms with Crippen LogP contribution in [0.4, 0.5) is 0 Å². The van der Waals surface area contributed by atoms with Crippen molar-refractivity contribution < 1.29 is 19.4 Å². The Hall–Kier alpha value is -1.20. The van der Waals surface area contributed by atoms with Crippen LogP contribution in [0, 0.1) is 5.21 Å². The molecule has 1 saturated heterocycles. The third kappa shape index (κ3) is 1.90. The van der Waals surface area contributed by atoms with Crippen LogP contribution in [0.1, 0.15) is 13.3 Å². The maximum atomic E-state index is 10.7. The number of hydroxylamine groups is 2. The normalized spacial score (nSPS) is 28.7. The fraction of sp³-hybridized carbons (Fsp3) is 0.429. The van der Waals surface area contributed by atoms with E-state index >= 15 is 0 Å². The van der Waals surface area contributed by atoms with Gasteiger partial charge in [-0.2, -0.15) is 0 Å². The molecule has 1 fully saturated rings. The fourth-order valence-electron chi connectivity index (χ4n) is 0.854. The number of rotatable bonds is 2. The highest BCUT2D eigenvalue weighted by molar-refractivity contribution is 5.72. The zero-order valence-electron chi connectivity index (χ0n) is 6.57. The van der Waals surface area contributed by atoms with Crippen molar-refractivity contribution in [3.8, 4) is 0 Å². The monoisotopic (exact) mass is 171 g/mol. The van der Waals surface area contributed by atoms with Crippen molar-refractivity contribution in [2.45, 2.75) is 19.4 Å². The molecule has 1 rings (SSSR count). The number of hydrogen-bond donors (Lipinski definition) is 1. The van der Waals surface area contributed by atoms with E-state index in [4.69, 9.17) is 0 Å². The van der Waals surface area contributed by atoms with Gasteiger partial charge in [0.2, 0.25) is 0 Å². The van der Waals surface area contributed by atoms with Gasteiger partial charge < -0.3 is 15.0 Å². The minimum Gasteiger partial charge on any atom is -0.626 e. The van der Waals surface area contributed by atoms with E-state index in [2.05, 4.69) is 4.74 Å². The van der Waals surface area contributed by atoms with Crippen molar-refractivity contribution in [2.75, 3.05) is 0 Å². The SMILES string of the molecule is CC(=O)OC=CC1CC(=O)[NH+]1[O-]. The summed E-state index contributed by atoms with van der Waals surface area (Å²) in [7, 11) is 0. The van der Waals surface area contributed by atoms with Crippen LogP contribution in [0.2, 0.25) is 0 Å². The van der Waals surface area contributed by atoms with Gasteiger partial charge in [-0.15, -0.1) is 0 Å². The molecule has 5 heteroatoms. The van der Waals surface area contributed by atoms with Crippen molar-refractivity contribution >= 4 is 11.9 Å². The first-order valence-electron chi connectivity index (χ1n) is 3.52. The third-order valence-electron chi connectivity index (χ3n) is 1.56. The second kappa shape index (κ2) is 3.46. The predicted octanol–water partition coefficient (Wildman–Crippen LogP) is -1.26. The summed E-state index contributed by atoms with van der Waals surface area (Å²) in [5.41, 5.74) is 0. The molecule has 0 radical (unpaired) electrons. The van der Waals surface area contributed by atoms with Crippen LogP contribution in [0.25, 0.3) is 0 Å². The quantitative estimate of drug-likeness (QED) is 0.244. The highest BCUT2D eigenvalue weighted by Gasteiger charge is 2.34. The van der Waals surface area contributed by atoms with Crippen LogP contribution in [-0.2, 0) is 14.3 Å². The molecule has 2 atom stereocenters. The summed E-state index contributed by atoms with van der Waals surface area (Å²) in [5, 5.41) is 10.3. The van der Waals surface area contributed by atoms with E-state index in [0.29, 0.717) is 0 Å². The number of carbonyl (C=O) groups excluding carboxylic acids is 2. The minimum atomic E-state index is -0.440. The first-order valence-corrected chi connectivity index (χ1v) is 3.52. The van der Waals surface area contributed by atoms with E-state index in [1.165, 1.54) is 13.0 Å². The summed E-state index contributed by atoms with van der Waals surface area (Å²) < 4.78 is 4.45. The molecule has 5 nitrogen and oxygen atoms in total. The zero-order valence-corrected chi connectivity index (χ0v) is 6.57. The second-order valence-electron chi connectivity index (χ2n) is 2.54. The largest absolute Gasteiger partial charge is 0.626 e. The molecule has 0 aromatic heterocycles. The minimum absolute atomic E-state index is 0.233. The van der Waals surface area contributed by atoms with E-state index in [9.17, 15) is 14.8 Å². The Kier molecular flexibility index (Phi) is 2.57. The lowest BCUT2D eigenvalue weighted by atomic mass is 10.1. The maximum Gasteiger partial charge on any atom is 0.318 e. The molecule has 12 heavy (non-hydrogen) atoms. The van der Waals surface area contributed by atoms with Crippen molar-refractivity contribution in [1.82, 2.24) is 0 Å². The Morgan fingerprint density at radius 3 is 2.92 bits per heavy atom. The average molecular weight is 171 g/mol. The molecule has 1 amide bonds. The lowest BCUT2D eigenvalue weighted by Gasteiger charge is -2.34. The molecular formula is C7H9NO4. The fourth-order valence-corrected chi connectivity index (χ4v) is 0.854. The van der Waals surface area contributed by atoms with Crippen molar-refractivity contribution in [1.29, 1.82) is 0 Å². The molecule has 0 spiro atoms. The highest BCUT2D eigenvalue weighted by atomic mass is 16.5. The van der Waals surface area contributed by atoms with Gasteiger partial charge in [0.25, 0.3) is 0 Å². The number of esters is 1. The summed E-state index contributed by atoms with van der Waals surface area (Å²) in [6, 6.07) is -0.378. The van der Waals surface area contributed by atoms with Gasteiger partial charge in [0, 0.05) is 13.0 Å². The summed E-state index contributed by atoms with van der Waals surface area (Å²) in [6.07, 6.45) is 2.80. The number of amides is 1. The molecule has 0 saturated carbocycles. The van der Waals surface area contributed by atoms with E-state index in [-0.39, 0.29) is 18.4 Å². The van der Waals surface area contributed by atoms with Gasteiger partial charge in [-0.05, 0) is 0 Å². The van der Waals surface area contributed by atoms with Gasteiger partial charge in [-0.3, -0.25) is 4.79 Å². The Morgan fingerprint density at radius 2 is 2.50 bits per heavy atom. The molecule has 0 bridgehead atoms. The maximum absolute atomic E-state index is 10.7. The van der Waals surface area contributed by atoms with Gasteiger partial charge in [0.1, 0.15) is 12.5 Å². The molecule has 0 aromatic carbocycles. The summed E-state index contributed by atoms with van der Waals surface area (Å²) in [6.45, 7) is 1.26. The number of carbonyl (C=O) groups is 2. The van der Waals surface area contributed by atoms with Gasteiger partial charge in [-0.25, -0.2) is 4.79 Å². The topological polar surface area (TPSA) is 70.9 Å². The van der Waals surface area contributed by atoms with Crippen LogP contribution in [0.15, 0.2) is 12.3 Å². The third-order valence-corrected chi connectivity index (χ3v) is 1.56. The number of hydrogen-bond acceptors (Lipinski definition) is 4. The Morgan fingerprint density at radius 1 is 1.83 bits per heavy atom. The van der Waals surface area contributed by atoms with Crippen LogP contribution in [0.5, 0.6) is 0 Å². The summed E-state index contributed by atoms with van der Waals surface area (Å²) in [5.74, 6) is -0.795. The van der Waals surface area contributed by atoms with E-state index in [1.54, 1.807) is 0 Å². The Bertz CT molecular complexity index is 236. The van der Waals surface area contributed by atoms with Crippen LogP contribution in [-0.4, -0.2) is 17.9 Å². The molecule has 1 N–H and O–H groups in total. The Balaban J connectivity index is 2.29. The van der Waals surface area contributed by atoms with Gasteiger partial charge in [0.05, 0.1) is 6.26 Å². The molecular weight excluding hydrogens is 162 g/mol. The van der Waals surface area contributed by atoms with Gasteiger partial charge in [0.15, 0.2) is 0 Å². The number of quaternary nitrogens is 1. The number of β-lactam (4-membered cyclic amide) rings is 1. The van der Waals surface area contributed by atoms with Crippen LogP contribution < -0.4 is 5.06 Å². The Labute approximate surface area is 69.2 Å². The highest BCUT2D eigenvalue weighted by Crippen LogP contribution is 1.98. The molecule has 1 aliphatic rings. The second-order valence-corrected chi connectivity index (χ2v) is 2.54. The molecule has 1 heterocycles. The molecule has 0 aromatic rings. The molecule has 0 aliphatic carbocycles. The number of nitrogens with one attached hydrogen (secondary N) is 1. The predicted molar refractivity (Wildman–Crippen MR) is 38.6 cm³/mol. The van der Waals surface area contributed by atoms with Crippen molar-refractivity contribution in [3.05, 3.63) is 17.5 Å². The average Bonchev–Trinajstić information content (AvgIpc) is 2.02.